The average Bonchev–Trinajstić information content (AvgIpc) is 2.57. The fraction of sp³-hybridized carbons (Fsp3) is 0.500. The number of nitrogens with zero attached hydrogens (tertiary/aromatic N) is 1. The molecule has 18 heavy (non-hydrogen) atoms. The van der Waals surface area contributed by atoms with Crippen LogP contribution in [0.5, 0.6) is 0 Å². The van der Waals surface area contributed by atoms with Gasteiger partial charge in [0.15, 0.2) is 0 Å². The molecule has 0 bridgehead atoms. The van der Waals surface area contributed by atoms with E-state index >= 15 is 0 Å². The van der Waals surface area contributed by atoms with Crippen LogP contribution in [0.15, 0.2) is 24.3 Å². The number of hydrogen-bond donors (Lipinski definition) is 1. The Morgan fingerprint density at radius 3 is 2.89 bits per heavy atom. The SMILES string of the molecule is CC1CN(C(=O)Cc2ccc(F)cc2)CCCN1. The summed E-state index contributed by atoms with van der Waals surface area (Å²) in [5.41, 5.74) is 0.867. The Morgan fingerprint density at radius 2 is 2.17 bits per heavy atom. The van der Waals surface area contributed by atoms with Gasteiger partial charge in [-0.3, -0.25) is 4.79 Å². The van der Waals surface area contributed by atoms with E-state index in [9.17, 15) is 9.18 Å². The van der Waals surface area contributed by atoms with Gasteiger partial charge in [-0.05, 0) is 37.6 Å². The molecule has 1 aromatic carbocycles. The minimum absolute atomic E-state index is 0.122. The largest absolute Gasteiger partial charge is 0.341 e. The maximum atomic E-state index is 12.8. The number of carbonyl (C=O) groups excluding carboxylic acids is 1. The Balaban J connectivity index is 1.96. The number of halogens is 1. The van der Waals surface area contributed by atoms with Gasteiger partial charge in [-0.25, -0.2) is 4.39 Å². The first-order valence-corrected chi connectivity index (χ1v) is 6.41. The zero-order chi connectivity index (χ0) is 13.0. The molecule has 0 saturated carbocycles. The zero-order valence-corrected chi connectivity index (χ0v) is 10.7. The van der Waals surface area contributed by atoms with Crippen molar-refractivity contribution in [3.8, 4) is 0 Å². The normalized spacial score (nSPS) is 20.6. The molecule has 1 heterocycles. The van der Waals surface area contributed by atoms with E-state index in [1.54, 1.807) is 12.1 Å². The molecule has 0 spiro atoms. The highest BCUT2D eigenvalue weighted by Crippen LogP contribution is 2.08. The molecule has 4 heteroatoms. The topological polar surface area (TPSA) is 32.3 Å². The lowest BCUT2D eigenvalue weighted by atomic mass is 10.1. The molecule has 1 saturated heterocycles. The van der Waals surface area contributed by atoms with Crippen LogP contribution in [0.3, 0.4) is 0 Å². The highest BCUT2D eigenvalue weighted by molar-refractivity contribution is 5.78. The lowest BCUT2D eigenvalue weighted by Gasteiger charge is -2.22. The second-order valence-corrected chi connectivity index (χ2v) is 4.85. The molecule has 0 radical (unpaired) electrons. The summed E-state index contributed by atoms with van der Waals surface area (Å²) in [4.78, 5) is 14.1. The van der Waals surface area contributed by atoms with Gasteiger partial charge in [-0.1, -0.05) is 12.1 Å². The van der Waals surface area contributed by atoms with Crippen LogP contribution in [0.25, 0.3) is 0 Å². The van der Waals surface area contributed by atoms with Crippen molar-refractivity contribution < 1.29 is 9.18 Å². The number of benzene rings is 1. The molecule has 3 nitrogen and oxygen atoms in total. The van der Waals surface area contributed by atoms with Gasteiger partial charge < -0.3 is 10.2 Å². The highest BCUT2D eigenvalue weighted by Gasteiger charge is 2.18. The van der Waals surface area contributed by atoms with Crippen molar-refractivity contribution >= 4 is 5.91 Å². The molecule has 1 aromatic rings. The van der Waals surface area contributed by atoms with Gasteiger partial charge in [0.05, 0.1) is 6.42 Å². The van der Waals surface area contributed by atoms with Crippen LogP contribution in [0.1, 0.15) is 18.9 Å². The molecule has 1 unspecified atom stereocenters. The Kier molecular flexibility index (Phi) is 4.31. The third-order valence-electron chi connectivity index (χ3n) is 3.21. The summed E-state index contributed by atoms with van der Waals surface area (Å²) < 4.78 is 12.8. The average molecular weight is 250 g/mol. The zero-order valence-electron chi connectivity index (χ0n) is 10.7. The van der Waals surface area contributed by atoms with E-state index < -0.39 is 0 Å². The van der Waals surface area contributed by atoms with E-state index in [4.69, 9.17) is 0 Å². The second-order valence-electron chi connectivity index (χ2n) is 4.85. The predicted octanol–water partition coefficient (Wildman–Crippen LogP) is 1.58. The standard InChI is InChI=1S/C14H19FN2O/c1-11-10-17(8-2-7-16-11)14(18)9-12-3-5-13(15)6-4-12/h3-6,11,16H,2,7-10H2,1H3. The van der Waals surface area contributed by atoms with Crippen LogP contribution in [-0.4, -0.2) is 36.5 Å². The van der Waals surface area contributed by atoms with E-state index in [0.29, 0.717) is 12.5 Å². The van der Waals surface area contributed by atoms with Crippen molar-refractivity contribution in [2.24, 2.45) is 0 Å². The first-order valence-electron chi connectivity index (χ1n) is 6.41. The van der Waals surface area contributed by atoms with Crippen molar-refractivity contribution in [2.75, 3.05) is 19.6 Å². The highest BCUT2D eigenvalue weighted by atomic mass is 19.1. The van der Waals surface area contributed by atoms with Crippen LogP contribution < -0.4 is 5.32 Å². The third-order valence-corrected chi connectivity index (χ3v) is 3.21. The van der Waals surface area contributed by atoms with Crippen molar-refractivity contribution in [1.82, 2.24) is 10.2 Å². The summed E-state index contributed by atoms with van der Waals surface area (Å²) in [5.74, 6) is -0.143. The molecule has 1 amide bonds. The Labute approximate surface area is 107 Å². The quantitative estimate of drug-likeness (QED) is 0.864. The number of amides is 1. The van der Waals surface area contributed by atoms with E-state index in [-0.39, 0.29) is 11.7 Å². The maximum absolute atomic E-state index is 12.8. The van der Waals surface area contributed by atoms with Crippen molar-refractivity contribution in [2.45, 2.75) is 25.8 Å². The fourth-order valence-corrected chi connectivity index (χ4v) is 2.22. The lowest BCUT2D eigenvalue weighted by Crippen LogP contribution is -2.39. The van der Waals surface area contributed by atoms with Gasteiger partial charge in [0.25, 0.3) is 0 Å². The minimum atomic E-state index is -0.265. The fourth-order valence-electron chi connectivity index (χ4n) is 2.22. The Hall–Kier alpha value is -1.42. The van der Waals surface area contributed by atoms with Crippen molar-refractivity contribution in [1.29, 1.82) is 0 Å². The summed E-state index contributed by atoms with van der Waals surface area (Å²) in [6, 6.07) is 6.48. The second kappa shape index (κ2) is 5.96. The molecular formula is C14H19FN2O. The van der Waals surface area contributed by atoms with Gasteiger partial charge in [-0.15, -0.1) is 0 Å². The van der Waals surface area contributed by atoms with Gasteiger partial charge >= 0.3 is 0 Å². The molecule has 1 N–H and O–H groups in total. The van der Waals surface area contributed by atoms with Crippen LogP contribution in [0.2, 0.25) is 0 Å². The van der Waals surface area contributed by atoms with Crippen LogP contribution in [0.4, 0.5) is 4.39 Å². The monoisotopic (exact) mass is 250 g/mol. The first kappa shape index (κ1) is 13.0. The molecule has 98 valence electrons. The van der Waals surface area contributed by atoms with Crippen LogP contribution in [-0.2, 0) is 11.2 Å². The molecule has 1 aliphatic rings. The van der Waals surface area contributed by atoms with Crippen molar-refractivity contribution in [3.05, 3.63) is 35.6 Å². The summed E-state index contributed by atoms with van der Waals surface area (Å²) in [5, 5.41) is 3.36. The first-order chi connectivity index (χ1) is 8.65. The minimum Gasteiger partial charge on any atom is -0.341 e. The number of nitrogens with one attached hydrogen (secondary N) is 1. The Bertz CT molecular complexity index is 405. The third kappa shape index (κ3) is 3.53. The molecule has 1 atom stereocenters. The summed E-state index contributed by atoms with van der Waals surface area (Å²) in [6.45, 7) is 4.60. The van der Waals surface area contributed by atoms with Crippen LogP contribution in [0, 0.1) is 5.82 Å². The van der Waals surface area contributed by atoms with Crippen molar-refractivity contribution in [3.63, 3.8) is 0 Å². The number of hydrogen-bond acceptors (Lipinski definition) is 2. The van der Waals surface area contributed by atoms with Gasteiger partial charge in [0.2, 0.25) is 5.91 Å². The maximum Gasteiger partial charge on any atom is 0.227 e. The van der Waals surface area contributed by atoms with E-state index in [1.807, 2.05) is 4.90 Å². The molecule has 0 aromatic heterocycles. The summed E-state index contributed by atoms with van der Waals surface area (Å²) in [6.07, 6.45) is 1.34. The van der Waals surface area contributed by atoms with Gasteiger partial charge in [0, 0.05) is 19.1 Å². The Morgan fingerprint density at radius 1 is 1.44 bits per heavy atom. The lowest BCUT2D eigenvalue weighted by molar-refractivity contribution is -0.130. The molecule has 1 fully saturated rings. The van der Waals surface area contributed by atoms with Crippen LogP contribution >= 0.6 is 0 Å². The number of carbonyl (C=O) groups is 1. The van der Waals surface area contributed by atoms with E-state index in [1.165, 1.54) is 12.1 Å². The smallest absolute Gasteiger partial charge is 0.227 e. The van der Waals surface area contributed by atoms with Gasteiger partial charge in [0.1, 0.15) is 5.82 Å². The molecule has 1 aliphatic heterocycles. The molecular weight excluding hydrogens is 231 g/mol. The van der Waals surface area contributed by atoms with Gasteiger partial charge in [-0.2, -0.15) is 0 Å². The summed E-state index contributed by atoms with van der Waals surface area (Å²) >= 11 is 0. The summed E-state index contributed by atoms with van der Waals surface area (Å²) in [7, 11) is 0. The molecule has 0 aliphatic carbocycles. The molecule has 2 rings (SSSR count). The number of rotatable bonds is 2. The van der Waals surface area contributed by atoms with E-state index in [2.05, 4.69) is 12.2 Å². The predicted molar refractivity (Wildman–Crippen MR) is 68.8 cm³/mol. The van der Waals surface area contributed by atoms with E-state index in [0.717, 1.165) is 31.6 Å².